The van der Waals surface area contributed by atoms with E-state index < -0.39 is 5.82 Å². The van der Waals surface area contributed by atoms with Crippen LogP contribution in [-0.2, 0) is 11.3 Å². The SMILES string of the molecule is O=C(CC[C@@H]1CCCN(Cc2cnc(-c3ccccc3)s2)C1)Nc1ccccc1F. The highest BCUT2D eigenvalue weighted by Crippen LogP contribution is 2.28. The summed E-state index contributed by atoms with van der Waals surface area (Å²) in [5, 5.41) is 3.74. The predicted octanol–water partition coefficient (Wildman–Crippen LogP) is 5.58. The maximum atomic E-state index is 13.7. The Morgan fingerprint density at radius 1 is 1.17 bits per heavy atom. The smallest absolute Gasteiger partial charge is 0.224 e. The number of halogens is 1. The highest BCUT2D eigenvalue weighted by molar-refractivity contribution is 7.15. The molecule has 0 radical (unpaired) electrons. The zero-order valence-electron chi connectivity index (χ0n) is 16.9. The van der Waals surface area contributed by atoms with Crippen LogP contribution in [-0.4, -0.2) is 28.9 Å². The molecular weight excluding hydrogens is 397 g/mol. The first-order valence-corrected chi connectivity index (χ1v) is 11.3. The summed E-state index contributed by atoms with van der Waals surface area (Å²) in [6, 6.07) is 16.6. The number of carbonyl (C=O) groups is 1. The van der Waals surface area contributed by atoms with Crippen LogP contribution < -0.4 is 5.32 Å². The lowest BCUT2D eigenvalue weighted by atomic mass is 9.93. The molecule has 3 aromatic rings. The third kappa shape index (κ3) is 5.52. The van der Waals surface area contributed by atoms with Crippen LogP contribution in [0.3, 0.4) is 0 Å². The minimum absolute atomic E-state index is 0.118. The number of amides is 1. The van der Waals surface area contributed by atoms with E-state index in [1.54, 1.807) is 29.5 Å². The molecule has 1 aliphatic rings. The fourth-order valence-electron chi connectivity index (χ4n) is 3.96. The van der Waals surface area contributed by atoms with E-state index in [9.17, 15) is 9.18 Å². The number of hydrogen-bond donors (Lipinski definition) is 1. The molecule has 156 valence electrons. The molecule has 1 atom stereocenters. The first-order chi connectivity index (χ1) is 14.7. The summed E-state index contributed by atoms with van der Waals surface area (Å²) in [4.78, 5) is 20.5. The Bertz CT molecular complexity index is 975. The van der Waals surface area contributed by atoms with E-state index in [0.717, 1.165) is 49.5 Å². The number of thiazole rings is 1. The second-order valence-electron chi connectivity index (χ2n) is 7.81. The number of rotatable bonds is 7. The highest BCUT2D eigenvalue weighted by atomic mass is 32.1. The number of likely N-dealkylation sites (tertiary alicyclic amines) is 1. The Morgan fingerprint density at radius 2 is 1.97 bits per heavy atom. The van der Waals surface area contributed by atoms with Crippen molar-refractivity contribution in [1.82, 2.24) is 9.88 Å². The fraction of sp³-hybridized carbons (Fsp3) is 0.333. The molecule has 6 heteroatoms. The van der Waals surface area contributed by atoms with Gasteiger partial charge in [0.15, 0.2) is 0 Å². The van der Waals surface area contributed by atoms with Crippen molar-refractivity contribution in [2.24, 2.45) is 5.92 Å². The number of carbonyl (C=O) groups excluding carboxylic acids is 1. The van der Waals surface area contributed by atoms with Gasteiger partial charge in [-0.05, 0) is 43.9 Å². The average Bonchev–Trinajstić information content (AvgIpc) is 3.23. The summed E-state index contributed by atoms with van der Waals surface area (Å²) < 4.78 is 13.7. The number of hydrogen-bond acceptors (Lipinski definition) is 4. The van der Waals surface area contributed by atoms with Gasteiger partial charge < -0.3 is 5.32 Å². The lowest BCUT2D eigenvalue weighted by Gasteiger charge is -2.32. The standard InChI is InChI=1S/C24H26FN3OS/c25-21-10-4-5-11-22(21)27-23(29)13-12-18-7-6-14-28(16-18)17-20-15-26-24(30-20)19-8-2-1-3-9-19/h1-5,8-11,15,18H,6-7,12-14,16-17H2,(H,27,29)/t18-/m0/s1. The van der Waals surface area contributed by atoms with Gasteiger partial charge >= 0.3 is 0 Å². The molecule has 1 aromatic heterocycles. The molecule has 1 saturated heterocycles. The van der Waals surface area contributed by atoms with Crippen LogP contribution >= 0.6 is 11.3 Å². The Balaban J connectivity index is 1.26. The molecule has 0 saturated carbocycles. The van der Waals surface area contributed by atoms with Gasteiger partial charge in [-0.2, -0.15) is 0 Å². The normalized spacial score (nSPS) is 17.0. The van der Waals surface area contributed by atoms with Crippen molar-refractivity contribution < 1.29 is 9.18 Å². The predicted molar refractivity (Wildman–Crippen MR) is 120 cm³/mol. The third-order valence-corrected chi connectivity index (χ3v) is 6.52. The number of nitrogens with zero attached hydrogens (tertiary/aromatic N) is 2. The molecule has 1 N–H and O–H groups in total. The molecule has 2 heterocycles. The van der Waals surface area contributed by atoms with Crippen molar-refractivity contribution in [1.29, 1.82) is 0 Å². The van der Waals surface area contributed by atoms with Gasteiger partial charge in [0.25, 0.3) is 0 Å². The monoisotopic (exact) mass is 423 g/mol. The molecule has 2 aromatic carbocycles. The second-order valence-corrected chi connectivity index (χ2v) is 8.92. The summed E-state index contributed by atoms with van der Waals surface area (Å²) >= 11 is 1.75. The molecule has 0 spiro atoms. The van der Waals surface area contributed by atoms with Crippen LogP contribution in [0.1, 0.15) is 30.6 Å². The van der Waals surface area contributed by atoms with Crippen LogP contribution in [0.2, 0.25) is 0 Å². The Kier molecular flexibility index (Phi) is 6.87. The average molecular weight is 424 g/mol. The van der Waals surface area contributed by atoms with Crippen LogP contribution in [0.25, 0.3) is 10.6 Å². The van der Waals surface area contributed by atoms with Crippen LogP contribution in [0.4, 0.5) is 10.1 Å². The van der Waals surface area contributed by atoms with Gasteiger partial charge in [-0.15, -0.1) is 11.3 Å². The number of anilines is 1. The summed E-state index contributed by atoms with van der Waals surface area (Å²) in [5.74, 6) is -0.0204. The van der Waals surface area contributed by atoms with Crippen molar-refractivity contribution in [2.45, 2.75) is 32.2 Å². The Labute approximate surface area is 180 Å². The molecule has 0 unspecified atom stereocenters. The summed E-state index contributed by atoms with van der Waals surface area (Å²) in [7, 11) is 0. The molecule has 4 nitrogen and oxygen atoms in total. The highest BCUT2D eigenvalue weighted by Gasteiger charge is 2.21. The molecule has 30 heavy (non-hydrogen) atoms. The van der Waals surface area contributed by atoms with Crippen molar-refractivity contribution in [2.75, 3.05) is 18.4 Å². The van der Waals surface area contributed by atoms with Crippen LogP contribution in [0.15, 0.2) is 60.8 Å². The molecule has 1 aliphatic heterocycles. The zero-order valence-corrected chi connectivity index (χ0v) is 17.7. The topological polar surface area (TPSA) is 45.2 Å². The maximum absolute atomic E-state index is 13.7. The molecule has 1 fully saturated rings. The Morgan fingerprint density at radius 3 is 2.80 bits per heavy atom. The van der Waals surface area contributed by atoms with E-state index in [1.807, 2.05) is 24.4 Å². The second kappa shape index (κ2) is 9.96. The first-order valence-electron chi connectivity index (χ1n) is 10.4. The van der Waals surface area contributed by atoms with Crippen LogP contribution in [0.5, 0.6) is 0 Å². The quantitative estimate of drug-likeness (QED) is 0.540. The van der Waals surface area contributed by atoms with Gasteiger partial charge in [0.1, 0.15) is 10.8 Å². The van der Waals surface area contributed by atoms with Crippen molar-refractivity contribution in [3.05, 3.63) is 71.5 Å². The van der Waals surface area contributed by atoms with Crippen molar-refractivity contribution in [3.8, 4) is 10.6 Å². The van der Waals surface area contributed by atoms with Crippen LogP contribution in [0, 0.1) is 11.7 Å². The van der Waals surface area contributed by atoms with Gasteiger partial charge in [0.05, 0.1) is 5.69 Å². The minimum atomic E-state index is -0.394. The number of aromatic nitrogens is 1. The fourth-order valence-corrected chi connectivity index (χ4v) is 4.92. The zero-order chi connectivity index (χ0) is 20.8. The summed E-state index contributed by atoms with van der Waals surface area (Å²) in [6.07, 6.45) is 5.52. The number of para-hydroxylation sites is 1. The Hall–Kier alpha value is -2.57. The molecule has 0 aliphatic carbocycles. The molecule has 1 amide bonds. The lowest BCUT2D eigenvalue weighted by Crippen LogP contribution is -2.35. The van der Waals surface area contributed by atoms with Gasteiger partial charge in [0, 0.05) is 36.1 Å². The molecular formula is C24H26FN3OS. The van der Waals surface area contributed by atoms with E-state index in [0.29, 0.717) is 12.3 Å². The van der Waals surface area contributed by atoms with Crippen molar-refractivity contribution in [3.63, 3.8) is 0 Å². The summed E-state index contributed by atoms with van der Waals surface area (Å²) in [6.45, 7) is 2.98. The largest absolute Gasteiger partial charge is 0.324 e. The minimum Gasteiger partial charge on any atom is -0.324 e. The van der Waals surface area contributed by atoms with E-state index in [-0.39, 0.29) is 11.6 Å². The van der Waals surface area contributed by atoms with Gasteiger partial charge in [-0.25, -0.2) is 9.37 Å². The third-order valence-electron chi connectivity index (χ3n) is 5.48. The van der Waals surface area contributed by atoms with E-state index in [2.05, 4.69) is 27.3 Å². The van der Waals surface area contributed by atoms with E-state index >= 15 is 0 Å². The van der Waals surface area contributed by atoms with Crippen molar-refractivity contribution >= 4 is 22.9 Å². The number of nitrogens with one attached hydrogen (secondary N) is 1. The number of piperidine rings is 1. The van der Waals surface area contributed by atoms with Gasteiger partial charge in [0.2, 0.25) is 5.91 Å². The lowest BCUT2D eigenvalue weighted by molar-refractivity contribution is -0.116. The first kappa shape index (κ1) is 20.7. The van der Waals surface area contributed by atoms with E-state index in [4.69, 9.17) is 0 Å². The number of benzene rings is 2. The maximum Gasteiger partial charge on any atom is 0.224 e. The van der Waals surface area contributed by atoms with Gasteiger partial charge in [-0.1, -0.05) is 42.5 Å². The molecule has 0 bridgehead atoms. The summed E-state index contributed by atoms with van der Waals surface area (Å²) in [5.41, 5.74) is 1.42. The molecule has 4 rings (SSSR count). The van der Waals surface area contributed by atoms with E-state index in [1.165, 1.54) is 10.9 Å². The van der Waals surface area contributed by atoms with Gasteiger partial charge in [-0.3, -0.25) is 9.69 Å².